The van der Waals surface area contributed by atoms with Gasteiger partial charge in [0.25, 0.3) is 10.0 Å². The van der Waals surface area contributed by atoms with E-state index in [1.165, 1.54) is 4.31 Å². The van der Waals surface area contributed by atoms with Crippen LogP contribution in [0.4, 0.5) is 5.69 Å². The summed E-state index contributed by atoms with van der Waals surface area (Å²) in [6.07, 6.45) is 0.422. The first kappa shape index (κ1) is 23.6. The van der Waals surface area contributed by atoms with Gasteiger partial charge in [0.2, 0.25) is 0 Å². The van der Waals surface area contributed by atoms with Crippen molar-refractivity contribution in [2.45, 2.75) is 44.4 Å². The average Bonchev–Trinajstić information content (AvgIpc) is 3.02. The Labute approximate surface area is 192 Å². The van der Waals surface area contributed by atoms with Crippen molar-refractivity contribution in [1.82, 2.24) is 0 Å². The summed E-state index contributed by atoms with van der Waals surface area (Å²) in [7, 11) is -2.36. The van der Waals surface area contributed by atoms with Gasteiger partial charge in [-0.2, -0.15) is 0 Å². The van der Waals surface area contributed by atoms with E-state index in [2.05, 4.69) is 15.9 Å². The van der Waals surface area contributed by atoms with Crippen LogP contribution in [0.1, 0.15) is 39.7 Å². The van der Waals surface area contributed by atoms with Crippen molar-refractivity contribution in [3.05, 3.63) is 52.5 Å². The Bertz CT molecular complexity index is 1080. The topological polar surface area (TPSA) is 72.9 Å². The van der Waals surface area contributed by atoms with E-state index >= 15 is 0 Å². The number of methoxy groups -OCH3 is 1. The van der Waals surface area contributed by atoms with E-state index in [-0.39, 0.29) is 23.5 Å². The fourth-order valence-corrected chi connectivity index (χ4v) is 5.99. The van der Waals surface area contributed by atoms with Crippen LogP contribution in [-0.2, 0) is 25.0 Å². The Morgan fingerprint density at radius 3 is 2.35 bits per heavy atom. The quantitative estimate of drug-likeness (QED) is 0.517. The van der Waals surface area contributed by atoms with Crippen LogP contribution in [0.25, 0.3) is 0 Å². The van der Waals surface area contributed by atoms with E-state index in [0.29, 0.717) is 23.4 Å². The smallest absolute Gasteiger partial charge is 0.318 e. The van der Waals surface area contributed by atoms with Gasteiger partial charge in [0.1, 0.15) is 11.2 Å². The van der Waals surface area contributed by atoms with Crippen LogP contribution in [0, 0.1) is 5.41 Å². The standard InChI is InChI=1S/C23H28BrNO5S/c1-6-30-21(26)23(14-22(2,3)4)15-25(20-12-9-17(29-5)13-19(20)23)31(27,28)18-10-7-16(24)8-11-18/h7-13H,6,14-15H2,1-5H3. The third-order valence-electron chi connectivity index (χ3n) is 5.30. The third kappa shape index (κ3) is 4.46. The first-order chi connectivity index (χ1) is 14.4. The number of esters is 1. The highest BCUT2D eigenvalue weighted by atomic mass is 79.9. The second-order valence-corrected chi connectivity index (χ2v) is 11.7. The lowest BCUT2D eigenvalue weighted by molar-refractivity contribution is -0.150. The number of hydrogen-bond acceptors (Lipinski definition) is 5. The molecule has 0 aromatic heterocycles. The molecule has 1 unspecified atom stereocenters. The van der Waals surface area contributed by atoms with Gasteiger partial charge in [-0.15, -0.1) is 0 Å². The van der Waals surface area contributed by atoms with E-state index in [1.54, 1.807) is 56.5 Å². The van der Waals surface area contributed by atoms with Gasteiger partial charge >= 0.3 is 5.97 Å². The summed E-state index contributed by atoms with van der Waals surface area (Å²) in [5, 5.41) is 0. The molecule has 168 valence electrons. The molecule has 0 spiro atoms. The van der Waals surface area contributed by atoms with Crippen LogP contribution < -0.4 is 9.04 Å². The Morgan fingerprint density at radius 2 is 1.81 bits per heavy atom. The van der Waals surface area contributed by atoms with Gasteiger partial charge in [0.15, 0.2) is 0 Å². The fraction of sp³-hybridized carbons (Fsp3) is 0.435. The average molecular weight is 510 g/mol. The molecule has 0 fully saturated rings. The van der Waals surface area contributed by atoms with Crippen molar-refractivity contribution in [3.8, 4) is 5.75 Å². The number of sulfonamides is 1. The lowest BCUT2D eigenvalue weighted by Gasteiger charge is -2.34. The zero-order chi connectivity index (χ0) is 23.0. The molecular weight excluding hydrogens is 482 g/mol. The second-order valence-electron chi connectivity index (χ2n) is 8.89. The SMILES string of the molecule is CCOC(=O)C1(CC(C)(C)C)CN(S(=O)(=O)c2ccc(Br)cc2)c2ccc(OC)cc21. The van der Waals surface area contributed by atoms with Gasteiger partial charge in [0.05, 0.1) is 30.8 Å². The number of fused-ring (bicyclic) bond motifs is 1. The highest BCUT2D eigenvalue weighted by Crippen LogP contribution is 2.50. The molecule has 2 aromatic carbocycles. The molecule has 1 aliphatic rings. The summed E-state index contributed by atoms with van der Waals surface area (Å²) in [6, 6.07) is 11.6. The second kappa shape index (κ2) is 8.47. The lowest BCUT2D eigenvalue weighted by atomic mass is 9.70. The number of rotatable bonds is 6. The largest absolute Gasteiger partial charge is 0.497 e. The Hall–Kier alpha value is -2.06. The molecule has 0 bridgehead atoms. The molecule has 0 saturated carbocycles. The first-order valence-electron chi connectivity index (χ1n) is 10.1. The maximum atomic E-state index is 13.6. The number of carbonyl (C=O) groups excluding carboxylic acids is 1. The molecule has 8 heteroatoms. The molecular formula is C23H28BrNO5S. The third-order valence-corrected chi connectivity index (χ3v) is 7.60. The summed E-state index contributed by atoms with van der Waals surface area (Å²) in [5.74, 6) is 0.136. The summed E-state index contributed by atoms with van der Waals surface area (Å²) in [4.78, 5) is 13.5. The van der Waals surface area contributed by atoms with Crippen molar-refractivity contribution in [1.29, 1.82) is 0 Å². The Balaban J connectivity index is 2.24. The summed E-state index contributed by atoms with van der Waals surface area (Å²) in [6.45, 7) is 8.02. The Kier molecular flexibility index (Phi) is 6.45. The number of anilines is 1. The minimum atomic E-state index is -3.90. The minimum absolute atomic E-state index is 0.0238. The van der Waals surface area contributed by atoms with Crippen molar-refractivity contribution in [2.75, 3.05) is 24.6 Å². The number of benzene rings is 2. The van der Waals surface area contributed by atoms with Gasteiger partial charge in [-0.05, 0) is 66.8 Å². The molecule has 1 heterocycles. The highest BCUT2D eigenvalue weighted by Gasteiger charge is 2.54. The van der Waals surface area contributed by atoms with Gasteiger partial charge in [0, 0.05) is 4.47 Å². The van der Waals surface area contributed by atoms with Crippen LogP contribution in [0.5, 0.6) is 5.75 Å². The number of nitrogens with zero attached hydrogens (tertiary/aromatic N) is 1. The van der Waals surface area contributed by atoms with E-state index in [0.717, 1.165) is 4.47 Å². The van der Waals surface area contributed by atoms with Crippen LogP contribution in [0.3, 0.4) is 0 Å². The highest BCUT2D eigenvalue weighted by molar-refractivity contribution is 9.10. The molecule has 31 heavy (non-hydrogen) atoms. The molecule has 0 aliphatic carbocycles. The minimum Gasteiger partial charge on any atom is -0.497 e. The monoisotopic (exact) mass is 509 g/mol. The molecule has 1 atom stereocenters. The normalized spacial score (nSPS) is 18.6. The van der Waals surface area contributed by atoms with Gasteiger partial charge < -0.3 is 9.47 Å². The molecule has 0 saturated heterocycles. The Morgan fingerprint density at radius 1 is 1.16 bits per heavy atom. The van der Waals surface area contributed by atoms with E-state index in [9.17, 15) is 13.2 Å². The van der Waals surface area contributed by atoms with Crippen LogP contribution in [-0.4, -0.2) is 34.6 Å². The molecule has 0 radical (unpaired) electrons. The molecule has 0 N–H and O–H groups in total. The number of hydrogen-bond donors (Lipinski definition) is 0. The van der Waals surface area contributed by atoms with E-state index < -0.39 is 21.4 Å². The van der Waals surface area contributed by atoms with Crippen molar-refractivity contribution < 1.29 is 22.7 Å². The molecule has 2 aromatic rings. The predicted octanol–water partition coefficient (Wildman–Crippen LogP) is 4.90. The number of halogens is 1. The van der Waals surface area contributed by atoms with Gasteiger partial charge in [-0.1, -0.05) is 36.7 Å². The lowest BCUT2D eigenvalue weighted by Crippen LogP contribution is -2.46. The fourth-order valence-electron chi connectivity index (χ4n) is 4.18. The van der Waals surface area contributed by atoms with Crippen LogP contribution in [0.2, 0.25) is 0 Å². The molecule has 6 nitrogen and oxygen atoms in total. The van der Waals surface area contributed by atoms with Crippen LogP contribution in [0.15, 0.2) is 51.8 Å². The summed E-state index contributed by atoms with van der Waals surface area (Å²) < 4.78 is 40.2. The zero-order valence-electron chi connectivity index (χ0n) is 18.4. The van der Waals surface area contributed by atoms with E-state index in [4.69, 9.17) is 9.47 Å². The summed E-state index contributed by atoms with van der Waals surface area (Å²) >= 11 is 3.34. The van der Waals surface area contributed by atoms with Crippen molar-refractivity contribution in [3.63, 3.8) is 0 Å². The number of ether oxygens (including phenoxy) is 2. The molecule has 0 amide bonds. The molecule has 3 rings (SSSR count). The zero-order valence-corrected chi connectivity index (χ0v) is 20.8. The van der Waals surface area contributed by atoms with Gasteiger partial charge in [-0.3, -0.25) is 9.10 Å². The van der Waals surface area contributed by atoms with Crippen LogP contribution >= 0.6 is 15.9 Å². The van der Waals surface area contributed by atoms with Gasteiger partial charge in [-0.25, -0.2) is 8.42 Å². The first-order valence-corrected chi connectivity index (χ1v) is 12.3. The number of carbonyl (C=O) groups is 1. The van der Waals surface area contributed by atoms with Crippen molar-refractivity contribution in [2.24, 2.45) is 5.41 Å². The maximum Gasteiger partial charge on any atom is 0.318 e. The van der Waals surface area contributed by atoms with Crippen molar-refractivity contribution >= 4 is 37.6 Å². The van der Waals surface area contributed by atoms with E-state index in [1.807, 2.05) is 20.8 Å². The predicted molar refractivity (Wildman–Crippen MR) is 124 cm³/mol. The molecule has 1 aliphatic heterocycles. The maximum absolute atomic E-state index is 13.6. The summed E-state index contributed by atoms with van der Waals surface area (Å²) in [5.41, 5.74) is -0.313.